The van der Waals surface area contributed by atoms with Gasteiger partial charge in [-0.1, -0.05) is 0 Å². The molecule has 0 spiro atoms. The lowest BCUT2D eigenvalue weighted by molar-refractivity contribution is -0.129. The molecule has 3 rings (SSSR count). The average molecular weight is 320 g/mol. The van der Waals surface area contributed by atoms with Crippen LogP contribution < -0.4 is 9.80 Å². The second kappa shape index (κ2) is 6.66. The molecule has 2 aliphatic rings. The zero-order valence-corrected chi connectivity index (χ0v) is 13.0. The molecule has 1 aromatic carbocycles. The van der Waals surface area contributed by atoms with Crippen molar-refractivity contribution in [3.8, 4) is 0 Å². The van der Waals surface area contributed by atoms with Gasteiger partial charge in [-0.3, -0.25) is 14.5 Å². The molecular formula is C17H21FN2O3. The number of aliphatic hydroxyl groups is 1. The maximum absolute atomic E-state index is 14.5. The second-order valence-electron chi connectivity index (χ2n) is 6.23. The Hall–Kier alpha value is -1.95. The molecule has 6 heteroatoms. The summed E-state index contributed by atoms with van der Waals surface area (Å²) in [7, 11) is 0. The van der Waals surface area contributed by atoms with Crippen LogP contribution in [0, 0.1) is 11.7 Å². The highest BCUT2D eigenvalue weighted by molar-refractivity contribution is 6.16. The number of halogens is 1. The number of anilines is 2. The van der Waals surface area contributed by atoms with Crippen molar-refractivity contribution < 1.29 is 19.1 Å². The molecule has 5 nitrogen and oxygen atoms in total. The number of rotatable bonds is 3. The minimum absolute atomic E-state index is 0.175. The van der Waals surface area contributed by atoms with Crippen LogP contribution in [0.2, 0.25) is 0 Å². The molecule has 0 aliphatic carbocycles. The first-order chi connectivity index (χ1) is 11.1. The number of benzene rings is 1. The lowest BCUT2D eigenvalue weighted by Crippen LogP contribution is -2.40. The summed E-state index contributed by atoms with van der Waals surface area (Å²) in [4.78, 5) is 26.9. The third kappa shape index (κ3) is 3.22. The fourth-order valence-electron chi connectivity index (χ4n) is 3.29. The van der Waals surface area contributed by atoms with Crippen LogP contribution in [0.4, 0.5) is 15.8 Å². The molecule has 23 heavy (non-hydrogen) atoms. The van der Waals surface area contributed by atoms with Gasteiger partial charge in [0.05, 0.1) is 11.4 Å². The summed E-state index contributed by atoms with van der Waals surface area (Å²) in [5, 5.41) is 9.17. The van der Waals surface area contributed by atoms with Crippen molar-refractivity contribution in [3.05, 3.63) is 24.0 Å². The van der Waals surface area contributed by atoms with Crippen LogP contribution in [-0.4, -0.2) is 36.6 Å². The first kappa shape index (κ1) is 15.9. The van der Waals surface area contributed by atoms with Crippen molar-refractivity contribution >= 4 is 23.2 Å². The topological polar surface area (TPSA) is 60.9 Å². The second-order valence-corrected chi connectivity index (χ2v) is 6.23. The molecule has 0 saturated carbocycles. The molecule has 2 amide bonds. The van der Waals surface area contributed by atoms with Crippen molar-refractivity contribution in [3.63, 3.8) is 0 Å². The highest BCUT2D eigenvalue weighted by Gasteiger charge is 2.28. The number of carbonyl (C=O) groups is 2. The molecule has 2 heterocycles. The van der Waals surface area contributed by atoms with Crippen LogP contribution in [0.25, 0.3) is 0 Å². The zero-order valence-electron chi connectivity index (χ0n) is 13.0. The van der Waals surface area contributed by atoms with Crippen LogP contribution in [-0.2, 0) is 9.59 Å². The van der Waals surface area contributed by atoms with Gasteiger partial charge in [-0.2, -0.15) is 0 Å². The predicted molar refractivity (Wildman–Crippen MR) is 84.8 cm³/mol. The Morgan fingerprint density at radius 3 is 2.35 bits per heavy atom. The van der Waals surface area contributed by atoms with Gasteiger partial charge in [-0.05, 0) is 37.3 Å². The van der Waals surface area contributed by atoms with Crippen LogP contribution in [0.3, 0.4) is 0 Å². The monoisotopic (exact) mass is 320 g/mol. The summed E-state index contributed by atoms with van der Waals surface area (Å²) < 4.78 is 14.5. The minimum atomic E-state index is -0.420. The van der Waals surface area contributed by atoms with E-state index in [0.29, 0.717) is 43.7 Å². The Bertz CT molecular complexity index is 596. The number of piperidine rings is 2. The van der Waals surface area contributed by atoms with E-state index in [1.54, 1.807) is 12.1 Å². The molecule has 0 unspecified atom stereocenters. The molecule has 2 aliphatic heterocycles. The van der Waals surface area contributed by atoms with Crippen LogP contribution >= 0.6 is 0 Å². The molecule has 124 valence electrons. The summed E-state index contributed by atoms with van der Waals surface area (Å²) in [6, 6.07) is 4.55. The molecular weight excluding hydrogens is 299 g/mol. The van der Waals surface area contributed by atoms with Crippen molar-refractivity contribution in [2.75, 3.05) is 29.5 Å². The number of amides is 2. The van der Waals surface area contributed by atoms with Crippen molar-refractivity contribution in [2.45, 2.75) is 32.1 Å². The lowest BCUT2D eigenvalue weighted by Gasteiger charge is -2.33. The van der Waals surface area contributed by atoms with Crippen molar-refractivity contribution in [1.29, 1.82) is 0 Å². The first-order valence-corrected chi connectivity index (χ1v) is 8.11. The fourth-order valence-corrected chi connectivity index (χ4v) is 3.29. The maximum Gasteiger partial charge on any atom is 0.233 e. The van der Waals surface area contributed by atoms with Crippen molar-refractivity contribution in [2.24, 2.45) is 5.92 Å². The van der Waals surface area contributed by atoms with Gasteiger partial charge in [0, 0.05) is 38.6 Å². The van der Waals surface area contributed by atoms with Gasteiger partial charge in [0.1, 0.15) is 5.82 Å². The van der Waals surface area contributed by atoms with E-state index in [1.165, 1.54) is 6.07 Å². The Balaban J connectivity index is 1.78. The van der Waals surface area contributed by atoms with Crippen LogP contribution in [0.15, 0.2) is 18.2 Å². The molecule has 2 fully saturated rings. The Morgan fingerprint density at radius 2 is 1.78 bits per heavy atom. The highest BCUT2D eigenvalue weighted by Crippen LogP contribution is 2.30. The standard InChI is InChI=1S/C17H21FN2O3/c18-14-10-13(20-16(22)2-1-3-17(20)23)4-5-15(14)19-8-6-12(11-21)7-9-19/h4-5,10,12,21H,1-3,6-9,11H2. The first-order valence-electron chi connectivity index (χ1n) is 8.11. The van der Waals surface area contributed by atoms with Gasteiger partial charge in [0.15, 0.2) is 0 Å². The third-order valence-electron chi connectivity index (χ3n) is 4.68. The number of hydrogen-bond donors (Lipinski definition) is 1. The molecule has 1 N–H and O–H groups in total. The maximum atomic E-state index is 14.5. The Morgan fingerprint density at radius 1 is 1.13 bits per heavy atom. The van der Waals surface area contributed by atoms with Gasteiger partial charge in [0.25, 0.3) is 0 Å². The third-order valence-corrected chi connectivity index (χ3v) is 4.68. The largest absolute Gasteiger partial charge is 0.396 e. The summed E-state index contributed by atoms with van der Waals surface area (Å²) >= 11 is 0. The van der Waals surface area contributed by atoms with Gasteiger partial charge < -0.3 is 10.0 Å². The van der Waals surface area contributed by atoms with Gasteiger partial charge >= 0.3 is 0 Å². The summed E-state index contributed by atoms with van der Waals surface area (Å²) in [5.74, 6) is -0.664. The van der Waals surface area contributed by atoms with Gasteiger partial charge in [-0.15, -0.1) is 0 Å². The van der Waals surface area contributed by atoms with Crippen LogP contribution in [0.1, 0.15) is 32.1 Å². The fraction of sp³-hybridized carbons (Fsp3) is 0.529. The Kier molecular flexibility index (Phi) is 4.61. The predicted octanol–water partition coefficient (Wildman–Crippen LogP) is 2.08. The highest BCUT2D eigenvalue weighted by atomic mass is 19.1. The van der Waals surface area contributed by atoms with E-state index in [4.69, 9.17) is 0 Å². The van der Waals surface area contributed by atoms with E-state index in [-0.39, 0.29) is 24.3 Å². The molecule has 0 atom stereocenters. The van der Waals surface area contributed by atoms with Crippen molar-refractivity contribution in [1.82, 2.24) is 0 Å². The molecule has 0 bridgehead atoms. The number of nitrogens with zero attached hydrogens (tertiary/aromatic N) is 2. The Labute approximate surface area is 134 Å². The smallest absolute Gasteiger partial charge is 0.233 e. The van der Waals surface area contributed by atoms with Gasteiger partial charge in [0.2, 0.25) is 11.8 Å². The number of aliphatic hydroxyl groups excluding tert-OH is 1. The molecule has 1 aromatic rings. The normalized spacial score (nSPS) is 20.3. The molecule has 0 aromatic heterocycles. The lowest BCUT2D eigenvalue weighted by atomic mass is 9.97. The summed E-state index contributed by atoms with van der Waals surface area (Å²) in [6.45, 7) is 1.57. The minimum Gasteiger partial charge on any atom is -0.396 e. The van der Waals surface area contributed by atoms with Crippen LogP contribution in [0.5, 0.6) is 0 Å². The quantitative estimate of drug-likeness (QED) is 0.866. The van der Waals surface area contributed by atoms with E-state index >= 15 is 0 Å². The molecule has 2 saturated heterocycles. The van der Waals surface area contributed by atoms with E-state index in [1.807, 2.05) is 4.90 Å². The zero-order chi connectivity index (χ0) is 16.4. The van der Waals surface area contributed by atoms with Gasteiger partial charge in [-0.25, -0.2) is 4.39 Å². The van der Waals surface area contributed by atoms with E-state index in [2.05, 4.69) is 0 Å². The molecule has 0 radical (unpaired) electrons. The SMILES string of the molecule is O=C1CCCC(=O)N1c1ccc(N2CCC(CO)CC2)c(F)c1. The average Bonchev–Trinajstić information content (AvgIpc) is 2.55. The van der Waals surface area contributed by atoms with E-state index < -0.39 is 5.82 Å². The summed E-state index contributed by atoms with van der Waals surface area (Å²) in [6.07, 6.45) is 2.88. The van der Waals surface area contributed by atoms with E-state index in [0.717, 1.165) is 17.7 Å². The number of carbonyl (C=O) groups excluding carboxylic acids is 2. The number of hydrogen-bond acceptors (Lipinski definition) is 4. The van der Waals surface area contributed by atoms with E-state index in [9.17, 15) is 19.1 Å². The summed E-state index contributed by atoms with van der Waals surface area (Å²) in [5.41, 5.74) is 0.799. The number of imide groups is 1.